The van der Waals surface area contributed by atoms with Crippen LogP contribution in [-0.4, -0.2) is 49.1 Å². The van der Waals surface area contributed by atoms with Gasteiger partial charge in [-0.2, -0.15) is 4.31 Å². The van der Waals surface area contributed by atoms with E-state index in [0.717, 1.165) is 24.5 Å². The number of hydrogen-bond acceptors (Lipinski definition) is 5. The van der Waals surface area contributed by atoms with Gasteiger partial charge >= 0.3 is 0 Å². The van der Waals surface area contributed by atoms with Crippen LogP contribution < -0.4 is 4.90 Å². The minimum absolute atomic E-state index is 0.178. The molecule has 0 aromatic heterocycles. The second-order valence-corrected chi connectivity index (χ2v) is 7.51. The van der Waals surface area contributed by atoms with Gasteiger partial charge in [-0.3, -0.25) is 10.1 Å². The fraction of sp³-hybridized carbons (Fsp3) is 0.538. The molecular weight excluding hydrogens is 313 g/mol. The molecule has 1 fully saturated rings. The average molecular weight is 331 g/mol. The van der Waals surface area contributed by atoms with Gasteiger partial charge in [0.1, 0.15) is 11.5 Å². The molecule has 2 atom stereocenters. The molecule has 0 aliphatic carbocycles. The second-order valence-electron chi connectivity index (χ2n) is 5.57. The Morgan fingerprint density at radius 2 is 1.91 bits per heavy atom. The van der Waals surface area contributed by atoms with Gasteiger partial charge in [-0.15, -0.1) is 0 Å². The maximum Gasteiger partial charge on any atom is 0.292 e. The van der Waals surface area contributed by atoms with E-state index in [1.165, 1.54) is 4.31 Å². The van der Waals surface area contributed by atoms with Crippen molar-refractivity contribution in [3.05, 3.63) is 34.1 Å². The van der Waals surface area contributed by atoms with Gasteiger partial charge in [0.25, 0.3) is 5.69 Å². The highest BCUT2D eigenvalue weighted by Crippen LogP contribution is 2.33. The molecule has 1 saturated heterocycles. The summed E-state index contributed by atoms with van der Waals surface area (Å²) < 4.78 is 38.4. The van der Waals surface area contributed by atoms with Crippen molar-refractivity contribution in [3.63, 3.8) is 0 Å². The van der Waals surface area contributed by atoms with Crippen molar-refractivity contribution >= 4 is 21.4 Å². The molecule has 2 rings (SSSR count). The molecule has 1 aromatic rings. The normalized spacial score (nSPS) is 23.5. The van der Waals surface area contributed by atoms with Gasteiger partial charge in [-0.1, -0.05) is 0 Å². The molecule has 0 saturated carbocycles. The van der Waals surface area contributed by atoms with Crippen LogP contribution in [0.15, 0.2) is 18.2 Å². The highest BCUT2D eigenvalue weighted by atomic mass is 32.2. The SMILES string of the molecule is C[C@@H]1CN(c2cc(F)ccc2[N+](=O)[O-])[C@@H](C)CN1S(C)(=O)=O. The van der Waals surface area contributed by atoms with E-state index in [4.69, 9.17) is 0 Å². The number of benzene rings is 1. The summed E-state index contributed by atoms with van der Waals surface area (Å²) in [6.07, 6.45) is 1.14. The quantitative estimate of drug-likeness (QED) is 0.620. The van der Waals surface area contributed by atoms with Gasteiger partial charge < -0.3 is 4.90 Å². The van der Waals surface area contributed by atoms with E-state index in [2.05, 4.69) is 0 Å². The summed E-state index contributed by atoms with van der Waals surface area (Å²) in [6, 6.07) is 2.64. The first-order valence-corrected chi connectivity index (χ1v) is 8.63. The molecule has 122 valence electrons. The van der Waals surface area contributed by atoms with Crippen LogP contribution in [0.5, 0.6) is 0 Å². The van der Waals surface area contributed by atoms with E-state index in [9.17, 15) is 22.9 Å². The number of nitro groups is 1. The summed E-state index contributed by atoms with van der Waals surface area (Å²) in [5.74, 6) is -0.564. The Balaban J connectivity index is 2.39. The zero-order chi connectivity index (χ0) is 16.7. The summed E-state index contributed by atoms with van der Waals surface area (Å²) in [7, 11) is -3.35. The van der Waals surface area contributed by atoms with Crippen LogP contribution in [0.1, 0.15) is 13.8 Å². The molecular formula is C13H18FN3O4S. The van der Waals surface area contributed by atoms with Crippen molar-refractivity contribution < 1.29 is 17.7 Å². The smallest absolute Gasteiger partial charge is 0.292 e. The van der Waals surface area contributed by atoms with Crippen LogP contribution in [0.4, 0.5) is 15.8 Å². The number of halogens is 1. The predicted molar refractivity (Wildman–Crippen MR) is 80.9 cm³/mol. The summed E-state index contributed by atoms with van der Waals surface area (Å²) >= 11 is 0. The fourth-order valence-corrected chi connectivity index (χ4v) is 3.98. The third-order valence-electron chi connectivity index (χ3n) is 3.80. The summed E-state index contributed by atoms with van der Waals surface area (Å²) in [6.45, 7) is 3.95. The predicted octanol–water partition coefficient (Wildman–Crippen LogP) is 1.59. The topological polar surface area (TPSA) is 83.8 Å². The van der Waals surface area contributed by atoms with E-state index < -0.39 is 20.8 Å². The van der Waals surface area contributed by atoms with Crippen LogP contribution in [-0.2, 0) is 10.0 Å². The first-order chi connectivity index (χ1) is 10.1. The van der Waals surface area contributed by atoms with Crippen LogP contribution in [0.2, 0.25) is 0 Å². The Bertz CT molecular complexity index is 695. The van der Waals surface area contributed by atoms with E-state index >= 15 is 0 Å². The Morgan fingerprint density at radius 3 is 2.45 bits per heavy atom. The molecule has 1 heterocycles. The Kier molecular flexibility index (Phi) is 4.39. The number of anilines is 1. The van der Waals surface area contributed by atoms with Gasteiger partial charge in [0.2, 0.25) is 10.0 Å². The highest BCUT2D eigenvalue weighted by Gasteiger charge is 2.36. The van der Waals surface area contributed by atoms with Gasteiger partial charge in [0.15, 0.2) is 0 Å². The van der Waals surface area contributed by atoms with Gasteiger partial charge in [-0.05, 0) is 19.9 Å². The number of sulfonamides is 1. The van der Waals surface area contributed by atoms with Crippen molar-refractivity contribution in [3.8, 4) is 0 Å². The Labute approximate surface area is 128 Å². The number of hydrogen-bond donors (Lipinski definition) is 0. The first-order valence-electron chi connectivity index (χ1n) is 6.78. The minimum Gasteiger partial charge on any atom is -0.360 e. The number of nitro benzene ring substituents is 1. The zero-order valence-electron chi connectivity index (χ0n) is 12.6. The van der Waals surface area contributed by atoms with E-state index in [0.29, 0.717) is 0 Å². The molecule has 0 radical (unpaired) electrons. The number of rotatable bonds is 3. The van der Waals surface area contributed by atoms with E-state index in [1.807, 2.05) is 0 Å². The van der Waals surface area contributed by atoms with Gasteiger partial charge in [0, 0.05) is 37.3 Å². The molecule has 1 aliphatic heterocycles. The second kappa shape index (κ2) is 5.81. The van der Waals surface area contributed by atoms with Gasteiger partial charge in [-0.25, -0.2) is 12.8 Å². The van der Waals surface area contributed by atoms with Crippen molar-refractivity contribution in [1.82, 2.24) is 4.31 Å². The largest absolute Gasteiger partial charge is 0.360 e. The zero-order valence-corrected chi connectivity index (χ0v) is 13.4. The highest BCUT2D eigenvalue weighted by molar-refractivity contribution is 7.88. The van der Waals surface area contributed by atoms with Crippen molar-refractivity contribution in [1.29, 1.82) is 0 Å². The molecule has 1 aliphatic rings. The fourth-order valence-electron chi connectivity index (χ4n) is 2.77. The molecule has 0 bridgehead atoms. The first kappa shape index (κ1) is 16.6. The molecule has 0 unspecified atom stereocenters. The van der Waals surface area contributed by atoms with E-state index in [-0.39, 0.29) is 36.5 Å². The maximum absolute atomic E-state index is 13.5. The lowest BCUT2D eigenvalue weighted by Crippen LogP contribution is -2.58. The lowest BCUT2D eigenvalue weighted by Gasteiger charge is -2.43. The molecule has 0 amide bonds. The van der Waals surface area contributed by atoms with Crippen molar-refractivity contribution in [2.75, 3.05) is 24.2 Å². The molecule has 7 nitrogen and oxygen atoms in total. The Morgan fingerprint density at radius 1 is 1.27 bits per heavy atom. The van der Waals surface area contributed by atoms with Crippen LogP contribution in [0, 0.1) is 15.9 Å². The van der Waals surface area contributed by atoms with Crippen LogP contribution in [0.25, 0.3) is 0 Å². The van der Waals surface area contributed by atoms with E-state index in [1.54, 1.807) is 18.7 Å². The molecule has 22 heavy (non-hydrogen) atoms. The lowest BCUT2D eigenvalue weighted by molar-refractivity contribution is -0.384. The lowest BCUT2D eigenvalue weighted by atomic mass is 10.1. The molecule has 0 spiro atoms. The van der Waals surface area contributed by atoms with Gasteiger partial charge in [0.05, 0.1) is 11.2 Å². The van der Waals surface area contributed by atoms with Crippen LogP contribution in [0.3, 0.4) is 0 Å². The monoisotopic (exact) mass is 331 g/mol. The number of piperazine rings is 1. The molecule has 9 heteroatoms. The maximum atomic E-state index is 13.5. The third-order valence-corrected chi connectivity index (χ3v) is 5.16. The summed E-state index contributed by atoms with van der Waals surface area (Å²) in [4.78, 5) is 12.3. The third kappa shape index (κ3) is 3.20. The summed E-state index contributed by atoms with van der Waals surface area (Å²) in [5, 5.41) is 11.1. The minimum atomic E-state index is -3.35. The summed E-state index contributed by atoms with van der Waals surface area (Å²) in [5.41, 5.74) is -0.00856. The average Bonchev–Trinajstić information content (AvgIpc) is 2.39. The Hall–Kier alpha value is -1.74. The standard InChI is InChI=1S/C13H18FN3O4S/c1-9-8-16(22(3,20)21)10(2)7-15(9)13-6-11(14)4-5-12(13)17(18)19/h4-6,9-10H,7-8H2,1-3H3/t9-,10+/m0/s1. The van der Waals surface area contributed by atoms with Crippen LogP contribution >= 0.6 is 0 Å². The van der Waals surface area contributed by atoms with Crippen molar-refractivity contribution in [2.45, 2.75) is 25.9 Å². The molecule has 1 aromatic carbocycles. The van der Waals surface area contributed by atoms with Crippen molar-refractivity contribution in [2.24, 2.45) is 0 Å². The number of nitrogens with zero attached hydrogens (tertiary/aromatic N) is 3. The molecule has 0 N–H and O–H groups in total.